The van der Waals surface area contributed by atoms with Crippen molar-refractivity contribution in [3.8, 4) is 5.75 Å². The van der Waals surface area contributed by atoms with Crippen LogP contribution in [-0.2, 0) is 4.79 Å². The molecule has 0 saturated heterocycles. The first-order valence-electron chi connectivity index (χ1n) is 6.10. The standard InChI is InChI=1S/C15H15F3O3/c1-9(10(2)19)13(15(16,17)18)8-14(20)11-4-6-12(21-3)7-5-11/h4-7,13H,1,8H2,2-3H3/t13-/m0/s1. The maximum atomic E-state index is 12.9. The molecule has 1 aromatic carbocycles. The van der Waals surface area contributed by atoms with E-state index in [2.05, 4.69) is 6.58 Å². The molecule has 0 aliphatic rings. The molecule has 114 valence electrons. The van der Waals surface area contributed by atoms with E-state index < -0.39 is 35.7 Å². The number of methoxy groups -OCH3 is 1. The van der Waals surface area contributed by atoms with Crippen molar-refractivity contribution in [2.24, 2.45) is 5.92 Å². The molecule has 0 unspecified atom stereocenters. The quantitative estimate of drug-likeness (QED) is 0.595. The molecule has 21 heavy (non-hydrogen) atoms. The molecule has 1 rings (SSSR count). The predicted molar refractivity (Wildman–Crippen MR) is 71.3 cm³/mol. The van der Waals surface area contributed by atoms with E-state index in [4.69, 9.17) is 4.74 Å². The average molecular weight is 300 g/mol. The molecule has 0 heterocycles. The predicted octanol–water partition coefficient (Wildman–Crippen LogP) is 3.59. The fraction of sp³-hybridized carbons (Fsp3) is 0.333. The summed E-state index contributed by atoms with van der Waals surface area (Å²) in [5, 5.41) is 0. The SMILES string of the molecule is C=C(C(C)=O)[C@H](CC(=O)c1ccc(OC)cc1)C(F)(F)F. The topological polar surface area (TPSA) is 43.4 Å². The summed E-state index contributed by atoms with van der Waals surface area (Å²) in [6.45, 7) is 4.15. The highest BCUT2D eigenvalue weighted by Gasteiger charge is 2.43. The minimum Gasteiger partial charge on any atom is -0.497 e. The number of ketones is 2. The van der Waals surface area contributed by atoms with E-state index in [-0.39, 0.29) is 5.56 Å². The van der Waals surface area contributed by atoms with Gasteiger partial charge in [-0.05, 0) is 31.2 Å². The summed E-state index contributed by atoms with van der Waals surface area (Å²) in [6, 6.07) is 5.72. The van der Waals surface area contributed by atoms with Crippen LogP contribution in [0.3, 0.4) is 0 Å². The number of hydrogen-bond donors (Lipinski definition) is 0. The van der Waals surface area contributed by atoms with Crippen molar-refractivity contribution in [3.05, 3.63) is 42.0 Å². The number of benzene rings is 1. The molecule has 3 nitrogen and oxygen atoms in total. The molecular weight excluding hydrogens is 285 g/mol. The van der Waals surface area contributed by atoms with Gasteiger partial charge in [-0.15, -0.1) is 0 Å². The number of halogens is 3. The Morgan fingerprint density at radius 3 is 2.14 bits per heavy atom. The summed E-state index contributed by atoms with van der Waals surface area (Å²) in [6.07, 6.45) is -5.53. The zero-order valence-corrected chi connectivity index (χ0v) is 11.7. The summed E-state index contributed by atoms with van der Waals surface area (Å²) >= 11 is 0. The number of carbonyl (C=O) groups excluding carboxylic acids is 2. The largest absolute Gasteiger partial charge is 0.497 e. The van der Waals surface area contributed by atoms with Crippen LogP contribution in [0.2, 0.25) is 0 Å². The molecule has 0 N–H and O–H groups in total. The molecule has 1 atom stereocenters. The second kappa shape index (κ2) is 6.56. The van der Waals surface area contributed by atoms with Gasteiger partial charge in [0, 0.05) is 17.6 Å². The lowest BCUT2D eigenvalue weighted by atomic mass is 9.90. The van der Waals surface area contributed by atoms with Crippen LogP contribution in [0.4, 0.5) is 13.2 Å². The molecule has 0 radical (unpaired) electrons. The van der Waals surface area contributed by atoms with E-state index in [1.165, 1.54) is 31.4 Å². The lowest BCUT2D eigenvalue weighted by molar-refractivity contribution is -0.165. The highest BCUT2D eigenvalue weighted by atomic mass is 19.4. The maximum Gasteiger partial charge on any atom is 0.396 e. The lowest BCUT2D eigenvalue weighted by Crippen LogP contribution is -2.29. The molecule has 0 amide bonds. The van der Waals surface area contributed by atoms with Gasteiger partial charge in [0.25, 0.3) is 0 Å². The van der Waals surface area contributed by atoms with E-state index in [1.807, 2.05) is 0 Å². The van der Waals surface area contributed by atoms with Gasteiger partial charge in [0.05, 0.1) is 13.0 Å². The number of alkyl halides is 3. The van der Waals surface area contributed by atoms with Crippen molar-refractivity contribution in [3.63, 3.8) is 0 Å². The van der Waals surface area contributed by atoms with Gasteiger partial charge in [0.15, 0.2) is 11.6 Å². The third-order valence-electron chi connectivity index (χ3n) is 3.07. The van der Waals surface area contributed by atoms with Crippen molar-refractivity contribution in [2.45, 2.75) is 19.5 Å². The molecular formula is C15H15F3O3. The van der Waals surface area contributed by atoms with Crippen molar-refractivity contribution in [2.75, 3.05) is 7.11 Å². The van der Waals surface area contributed by atoms with Crippen molar-refractivity contribution < 1.29 is 27.5 Å². The molecule has 0 aliphatic heterocycles. The summed E-state index contributed by atoms with van der Waals surface area (Å²) in [4.78, 5) is 23.0. The normalized spacial score (nSPS) is 12.6. The van der Waals surface area contributed by atoms with Gasteiger partial charge in [0.1, 0.15) is 5.75 Å². The first-order valence-corrected chi connectivity index (χ1v) is 6.10. The van der Waals surface area contributed by atoms with Crippen LogP contribution >= 0.6 is 0 Å². The molecule has 0 aliphatic carbocycles. The van der Waals surface area contributed by atoms with Crippen molar-refractivity contribution in [1.82, 2.24) is 0 Å². The van der Waals surface area contributed by atoms with Gasteiger partial charge >= 0.3 is 6.18 Å². The molecule has 6 heteroatoms. The van der Waals surface area contributed by atoms with E-state index >= 15 is 0 Å². The highest BCUT2D eigenvalue weighted by Crippen LogP contribution is 2.35. The van der Waals surface area contributed by atoms with Crippen molar-refractivity contribution >= 4 is 11.6 Å². The maximum absolute atomic E-state index is 12.9. The second-order valence-electron chi connectivity index (χ2n) is 4.53. The van der Waals surface area contributed by atoms with Gasteiger partial charge in [-0.2, -0.15) is 13.2 Å². The third kappa shape index (κ3) is 4.44. The minimum absolute atomic E-state index is 0.126. The van der Waals surface area contributed by atoms with Crippen molar-refractivity contribution in [1.29, 1.82) is 0 Å². The summed E-state index contributed by atoms with van der Waals surface area (Å²) < 4.78 is 43.7. The van der Waals surface area contributed by atoms with Crippen LogP contribution in [0.5, 0.6) is 5.75 Å². The van der Waals surface area contributed by atoms with Crippen LogP contribution in [0.15, 0.2) is 36.4 Å². The molecule has 0 bridgehead atoms. The van der Waals surface area contributed by atoms with Gasteiger partial charge in [-0.25, -0.2) is 0 Å². The Kier molecular flexibility index (Phi) is 5.29. The van der Waals surface area contributed by atoms with Gasteiger partial charge < -0.3 is 4.74 Å². The van der Waals surface area contributed by atoms with E-state index in [1.54, 1.807) is 0 Å². The van der Waals surface area contributed by atoms with Gasteiger partial charge in [0.2, 0.25) is 0 Å². The number of rotatable bonds is 6. The Morgan fingerprint density at radius 1 is 1.24 bits per heavy atom. The number of hydrogen-bond acceptors (Lipinski definition) is 3. The highest BCUT2D eigenvalue weighted by molar-refractivity contribution is 5.99. The summed E-state index contributed by atoms with van der Waals surface area (Å²) in [5.74, 6) is -3.15. The van der Waals surface area contributed by atoms with Crippen LogP contribution < -0.4 is 4.74 Å². The fourth-order valence-electron chi connectivity index (χ4n) is 1.76. The Labute approximate surface area is 120 Å². The van der Waals surface area contributed by atoms with Crippen LogP contribution in [0, 0.1) is 5.92 Å². The summed E-state index contributed by atoms with van der Waals surface area (Å²) in [5.41, 5.74) is -0.481. The number of allylic oxidation sites excluding steroid dienone is 1. The van der Waals surface area contributed by atoms with E-state index in [9.17, 15) is 22.8 Å². The van der Waals surface area contributed by atoms with Crippen LogP contribution in [0.25, 0.3) is 0 Å². The summed E-state index contributed by atoms with van der Waals surface area (Å²) in [7, 11) is 1.44. The Bertz CT molecular complexity index is 544. The number of ether oxygens (including phenoxy) is 1. The molecule has 0 aromatic heterocycles. The van der Waals surface area contributed by atoms with Gasteiger partial charge in [-0.1, -0.05) is 6.58 Å². The van der Waals surface area contributed by atoms with E-state index in [0.29, 0.717) is 5.75 Å². The zero-order valence-electron chi connectivity index (χ0n) is 11.7. The number of carbonyl (C=O) groups is 2. The fourth-order valence-corrected chi connectivity index (χ4v) is 1.76. The Hall–Kier alpha value is -2.11. The van der Waals surface area contributed by atoms with Crippen LogP contribution in [0.1, 0.15) is 23.7 Å². The van der Waals surface area contributed by atoms with Crippen LogP contribution in [-0.4, -0.2) is 24.9 Å². The molecule has 1 aromatic rings. The molecule has 0 fully saturated rings. The zero-order chi connectivity index (χ0) is 16.2. The lowest BCUT2D eigenvalue weighted by Gasteiger charge is -2.20. The Morgan fingerprint density at radius 2 is 1.76 bits per heavy atom. The van der Waals surface area contributed by atoms with E-state index in [0.717, 1.165) is 6.92 Å². The Balaban J connectivity index is 2.95. The molecule has 0 spiro atoms. The third-order valence-corrected chi connectivity index (χ3v) is 3.07. The van der Waals surface area contributed by atoms with Gasteiger partial charge in [-0.3, -0.25) is 9.59 Å². The smallest absolute Gasteiger partial charge is 0.396 e. The minimum atomic E-state index is -4.69. The second-order valence-corrected chi connectivity index (χ2v) is 4.53. The first-order chi connectivity index (χ1) is 9.66. The first kappa shape index (κ1) is 16.9. The number of Topliss-reactive ketones (excluding diaryl/α,β-unsaturated/α-hetero) is 2. The monoisotopic (exact) mass is 300 g/mol. The molecule has 0 saturated carbocycles. The average Bonchev–Trinajstić information content (AvgIpc) is 2.42.